The van der Waals surface area contributed by atoms with Crippen LogP contribution in [0.15, 0.2) is 23.1 Å². The van der Waals surface area contributed by atoms with Gasteiger partial charge in [-0.05, 0) is 45.1 Å². The summed E-state index contributed by atoms with van der Waals surface area (Å²) in [6, 6.07) is 6.14. The number of nitriles is 1. The number of rotatable bonds is 2. The van der Waals surface area contributed by atoms with E-state index in [9.17, 15) is 8.42 Å². The van der Waals surface area contributed by atoms with Crippen LogP contribution >= 0.6 is 11.6 Å². The summed E-state index contributed by atoms with van der Waals surface area (Å²) < 4.78 is 27.2. The van der Waals surface area contributed by atoms with E-state index in [1.165, 1.54) is 22.5 Å². The lowest BCUT2D eigenvalue weighted by molar-refractivity contribution is 0.290. The zero-order valence-electron chi connectivity index (χ0n) is 12.1. The molecule has 7 heteroatoms. The highest BCUT2D eigenvalue weighted by Gasteiger charge is 2.32. The van der Waals surface area contributed by atoms with Gasteiger partial charge in [0, 0.05) is 19.1 Å². The molecule has 0 radical (unpaired) electrons. The van der Waals surface area contributed by atoms with Crippen molar-refractivity contribution in [2.45, 2.75) is 24.3 Å². The smallest absolute Gasteiger partial charge is 0.244 e. The number of sulfonamides is 1. The fourth-order valence-electron chi connectivity index (χ4n) is 2.60. The van der Waals surface area contributed by atoms with Crippen LogP contribution in [0.3, 0.4) is 0 Å². The molecule has 0 N–H and O–H groups in total. The Morgan fingerprint density at radius 1 is 1.38 bits per heavy atom. The van der Waals surface area contributed by atoms with Crippen molar-refractivity contribution in [2.75, 3.05) is 26.7 Å². The van der Waals surface area contributed by atoms with Crippen molar-refractivity contribution in [3.05, 3.63) is 28.8 Å². The molecule has 0 aliphatic carbocycles. The molecule has 5 nitrogen and oxygen atoms in total. The predicted octanol–water partition coefficient (Wildman–Crippen LogP) is 1.93. The fourth-order valence-corrected chi connectivity index (χ4v) is 4.77. The van der Waals surface area contributed by atoms with Gasteiger partial charge in [-0.2, -0.15) is 9.57 Å². The van der Waals surface area contributed by atoms with Crippen LogP contribution in [0, 0.1) is 11.3 Å². The normalized spacial score (nSPS) is 21.7. The van der Waals surface area contributed by atoms with E-state index in [1.54, 1.807) is 0 Å². The summed E-state index contributed by atoms with van der Waals surface area (Å²) in [6.07, 6.45) is 0.773. The molecule has 114 valence electrons. The maximum atomic E-state index is 12.9. The van der Waals surface area contributed by atoms with Crippen LogP contribution in [0.5, 0.6) is 0 Å². The van der Waals surface area contributed by atoms with Gasteiger partial charge in [-0.1, -0.05) is 11.6 Å². The lowest BCUT2D eigenvalue weighted by Crippen LogP contribution is -2.42. The summed E-state index contributed by atoms with van der Waals surface area (Å²) in [5.41, 5.74) is 0.289. The van der Waals surface area contributed by atoms with Gasteiger partial charge < -0.3 is 4.90 Å². The van der Waals surface area contributed by atoms with E-state index in [-0.39, 0.29) is 21.5 Å². The second-order valence-corrected chi connectivity index (χ2v) is 7.60. The van der Waals surface area contributed by atoms with Crippen LogP contribution in [0.2, 0.25) is 5.02 Å². The Morgan fingerprint density at radius 3 is 2.76 bits per heavy atom. The van der Waals surface area contributed by atoms with Gasteiger partial charge in [0.15, 0.2) is 0 Å². The highest BCUT2D eigenvalue weighted by atomic mass is 35.5. The number of benzene rings is 1. The van der Waals surface area contributed by atoms with E-state index >= 15 is 0 Å². The second-order valence-electron chi connectivity index (χ2n) is 5.34. The molecule has 0 saturated carbocycles. The largest absolute Gasteiger partial charge is 0.305 e. The van der Waals surface area contributed by atoms with Gasteiger partial charge in [0.05, 0.1) is 16.7 Å². The Bertz CT molecular complexity index is 669. The molecule has 2 rings (SSSR count). The average Bonchev–Trinajstić information content (AvgIpc) is 2.60. The maximum Gasteiger partial charge on any atom is 0.244 e. The minimum atomic E-state index is -3.70. The van der Waals surface area contributed by atoms with Crippen LogP contribution in [-0.2, 0) is 10.0 Å². The summed E-state index contributed by atoms with van der Waals surface area (Å²) in [7, 11) is -1.72. The van der Waals surface area contributed by atoms with Gasteiger partial charge in [-0.15, -0.1) is 0 Å². The monoisotopic (exact) mass is 327 g/mol. The summed E-state index contributed by atoms with van der Waals surface area (Å²) >= 11 is 6.05. The zero-order valence-corrected chi connectivity index (χ0v) is 13.7. The van der Waals surface area contributed by atoms with Crippen molar-refractivity contribution in [1.29, 1.82) is 5.26 Å². The molecule has 0 aromatic heterocycles. The van der Waals surface area contributed by atoms with Crippen molar-refractivity contribution in [1.82, 2.24) is 9.21 Å². The molecule has 0 spiro atoms. The molecule has 0 amide bonds. The zero-order chi connectivity index (χ0) is 15.6. The number of hydrogen-bond acceptors (Lipinski definition) is 4. The van der Waals surface area contributed by atoms with Crippen molar-refractivity contribution in [3.63, 3.8) is 0 Å². The summed E-state index contributed by atoms with van der Waals surface area (Å²) in [4.78, 5) is 2.13. The number of hydrogen-bond donors (Lipinski definition) is 0. The molecular weight excluding hydrogens is 310 g/mol. The van der Waals surface area contributed by atoms with Gasteiger partial charge in [0.1, 0.15) is 4.90 Å². The Labute approximate surface area is 130 Å². The Morgan fingerprint density at radius 2 is 2.10 bits per heavy atom. The molecular formula is C14H18ClN3O2S. The second kappa shape index (κ2) is 6.32. The van der Waals surface area contributed by atoms with E-state index in [1.807, 2.05) is 20.0 Å². The third-order valence-corrected chi connectivity index (χ3v) is 6.13. The average molecular weight is 328 g/mol. The topological polar surface area (TPSA) is 64.4 Å². The van der Waals surface area contributed by atoms with Gasteiger partial charge in [-0.25, -0.2) is 8.42 Å². The molecule has 1 unspecified atom stereocenters. The molecule has 1 heterocycles. The Kier molecular flexibility index (Phi) is 4.89. The quantitative estimate of drug-likeness (QED) is 0.832. The minimum absolute atomic E-state index is 0.0135. The molecule has 1 aliphatic rings. The van der Waals surface area contributed by atoms with Crippen molar-refractivity contribution < 1.29 is 8.42 Å². The van der Waals surface area contributed by atoms with Crippen LogP contribution in [-0.4, -0.2) is 50.3 Å². The molecule has 21 heavy (non-hydrogen) atoms. The molecule has 1 atom stereocenters. The number of halogens is 1. The number of likely N-dealkylation sites (N-methyl/N-ethyl adjacent to an activating group) is 1. The molecule has 1 saturated heterocycles. The van der Waals surface area contributed by atoms with Crippen LogP contribution in [0.25, 0.3) is 0 Å². The molecule has 1 aromatic carbocycles. The van der Waals surface area contributed by atoms with E-state index < -0.39 is 10.0 Å². The van der Waals surface area contributed by atoms with Gasteiger partial charge in [-0.3, -0.25) is 0 Å². The lowest BCUT2D eigenvalue weighted by Gasteiger charge is -2.27. The number of nitrogens with zero attached hydrogens (tertiary/aromatic N) is 3. The maximum absolute atomic E-state index is 12.9. The lowest BCUT2D eigenvalue weighted by atomic mass is 10.2. The van der Waals surface area contributed by atoms with Crippen LogP contribution in [0.4, 0.5) is 0 Å². The van der Waals surface area contributed by atoms with Gasteiger partial charge in [0.2, 0.25) is 10.0 Å². The van der Waals surface area contributed by atoms with Crippen molar-refractivity contribution in [2.24, 2.45) is 0 Å². The fraction of sp³-hybridized carbons (Fsp3) is 0.500. The first-order valence-electron chi connectivity index (χ1n) is 6.76. The highest BCUT2D eigenvalue weighted by molar-refractivity contribution is 7.89. The molecule has 1 aromatic rings. The molecule has 1 aliphatic heterocycles. The summed E-state index contributed by atoms with van der Waals surface area (Å²) in [5.74, 6) is 0. The molecule has 1 fully saturated rings. The summed E-state index contributed by atoms with van der Waals surface area (Å²) in [6.45, 7) is 3.89. The van der Waals surface area contributed by atoms with Gasteiger partial charge >= 0.3 is 0 Å². The Balaban J connectivity index is 2.44. The van der Waals surface area contributed by atoms with E-state index in [0.29, 0.717) is 13.1 Å². The van der Waals surface area contributed by atoms with Crippen molar-refractivity contribution in [3.8, 4) is 6.07 Å². The van der Waals surface area contributed by atoms with Crippen LogP contribution in [0.1, 0.15) is 18.9 Å². The first-order valence-corrected chi connectivity index (χ1v) is 8.58. The van der Waals surface area contributed by atoms with E-state index in [2.05, 4.69) is 4.90 Å². The summed E-state index contributed by atoms with van der Waals surface area (Å²) in [5, 5.41) is 9.10. The standard InChI is InChI=1S/C14H18ClN3O2S/c1-11-10-17(2)6-3-7-18(11)21(19,20)14-8-12(9-16)4-5-13(14)15/h4-5,8,11H,3,6-7,10H2,1-2H3. The minimum Gasteiger partial charge on any atom is -0.305 e. The third kappa shape index (κ3) is 3.38. The van der Waals surface area contributed by atoms with E-state index in [4.69, 9.17) is 16.9 Å². The van der Waals surface area contributed by atoms with Crippen LogP contribution < -0.4 is 0 Å². The SMILES string of the molecule is CC1CN(C)CCCN1S(=O)(=O)c1cc(C#N)ccc1Cl. The highest BCUT2D eigenvalue weighted by Crippen LogP contribution is 2.28. The van der Waals surface area contributed by atoms with Gasteiger partial charge in [0.25, 0.3) is 0 Å². The van der Waals surface area contributed by atoms with Crippen molar-refractivity contribution >= 4 is 21.6 Å². The first kappa shape index (κ1) is 16.2. The Hall–Kier alpha value is -1.13. The first-order chi connectivity index (χ1) is 9.86. The third-order valence-electron chi connectivity index (χ3n) is 3.63. The predicted molar refractivity (Wildman–Crippen MR) is 81.6 cm³/mol. The van der Waals surface area contributed by atoms with E-state index in [0.717, 1.165) is 13.0 Å². The molecule has 0 bridgehead atoms.